The Morgan fingerprint density at radius 3 is 2.62 bits per heavy atom. The number of Topliss-reactive ketones (excluding diaryl/α,β-unsaturated/α-hetero) is 1. The number of hydrogen-bond donors (Lipinski definition) is 2. The lowest BCUT2D eigenvalue weighted by Gasteiger charge is -2.11. The molecule has 0 spiro atoms. The third-order valence-electron chi connectivity index (χ3n) is 4.16. The van der Waals surface area contributed by atoms with Gasteiger partial charge < -0.3 is 15.4 Å². The molecule has 9 nitrogen and oxygen atoms in total. The van der Waals surface area contributed by atoms with E-state index in [2.05, 4.69) is 15.7 Å². The summed E-state index contributed by atoms with van der Waals surface area (Å²) in [5, 5.41) is 8.84. The summed E-state index contributed by atoms with van der Waals surface area (Å²) in [5.74, 6) is -1.46. The summed E-state index contributed by atoms with van der Waals surface area (Å²) in [6.45, 7) is 3.06. The van der Waals surface area contributed by atoms with E-state index in [0.29, 0.717) is 11.1 Å². The number of carbonyl (C=O) groups excluding carboxylic acids is 3. The van der Waals surface area contributed by atoms with Gasteiger partial charge in [0, 0.05) is 17.7 Å². The largest absolute Gasteiger partial charge is 0.462 e. The fourth-order valence-electron chi connectivity index (χ4n) is 2.84. The number of rotatable bonds is 8. The number of nitrogens with zero attached hydrogens (tertiary/aromatic N) is 2. The number of nitrogens with one attached hydrogen (secondary N) is 2. The molecular weight excluding hydrogens is 423 g/mol. The highest BCUT2D eigenvalue weighted by molar-refractivity contribution is 6.41. The Hall–Kier alpha value is -2.49. The molecule has 0 saturated heterocycles. The van der Waals surface area contributed by atoms with E-state index in [0.717, 1.165) is 10.9 Å². The molecule has 0 radical (unpaired) electrons. The molecule has 0 aromatic carbocycles. The maximum Gasteiger partial charge on any atom is 0.340 e. The van der Waals surface area contributed by atoms with E-state index >= 15 is 0 Å². The van der Waals surface area contributed by atoms with E-state index in [-0.39, 0.29) is 46.7 Å². The molecule has 1 aromatic heterocycles. The smallest absolute Gasteiger partial charge is 0.340 e. The minimum absolute atomic E-state index is 0.0241. The first kappa shape index (κ1) is 22.8. The summed E-state index contributed by atoms with van der Waals surface area (Å²) in [7, 11) is 1.63. The second kappa shape index (κ2) is 9.82. The number of halogens is 2. The van der Waals surface area contributed by atoms with Gasteiger partial charge in [0.05, 0.1) is 29.9 Å². The van der Waals surface area contributed by atoms with Crippen molar-refractivity contribution in [1.29, 1.82) is 0 Å². The van der Waals surface area contributed by atoms with Crippen LogP contribution in [0.5, 0.6) is 0 Å². The maximum absolute atomic E-state index is 12.5. The lowest BCUT2D eigenvalue weighted by atomic mass is 10.0. The second-order valence-electron chi connectivity index (χ2n) is 6.13. The molecule has 1 heterocycles. The summed E-state index contributed by atoms with van der Waals surface area (Å²) < 4.78 is 5.90. The van der Waals surface area contributed by atoms with Crippen molar-refractivity contribution in [2.45, 2.75) is 26.8 Å². The van der Waals surface area contributed by atoms with Crippen LogP contribution in [0.25, 0.3) is 0 Å². The van der Waals surface area contributed by atoms with Crippen LogP contribution in [-0.2, 0) is 25.7 Å². The Bertz CT molecular complexity index is 981. The first-order chi connectivity index (χ1) is 13.7. The van der Waals surface area contributed by atoms with E-state index in [1.165, 1.54) is 0 Å². The highest BCUT2D eigenvalue weighted by Crippen LogP contribution is 2.32. The standard InChI is InChI=1S/C18H20Cl2N4O5/c1-4-29-18(28)15-9(2)10(13(25)7-21-3)5-12(15)23-14(26)8-24-17(27)16(20)11(19)6-22-24/h6,21H,4-5,7-8H2,1-3H3,(H,23,26). The molecule has 1 aromatic rings. The first-order valence-corrected chi connectivity index (χ1v) is 9.45. The fourth-order valence-corrected chi connectivity index (χ4v) is 3.11. The Morgan fingerprint density at radius 2 is 2.00 bits per heavy atom. The molecule has 2 N–H and O–H groups in total. The molecule has 1 aliphatic carbocycles. The minimum atomic E-state index is -0.723. The molecule has 0 atom stereocenters. The molecule has 156 valence electrons. The van der Waals surface area contributed by atoms with Crippen molar-refractivity contribution in [3.63, 3.8) is 0 Å². The van der Waals surface area contributed by atoms with E-state index in [9.17, 15) is 19.2 Å². The fraction of sp³-hybridized carbons (Fsp3) is 0.389. The van der Waals surface area contributed by atoms with Crippen LogP contribution in [0.15, 0.2) is 33.4 Å². The number of carbonyl (C=O) groups is 3. The number of ketones is 1. The third-order valence-corrected chi connectivity index (χ3v) is 4.91. The van der Waals surface area contributed by atoms with Gasteiger partial charge in [0.15, 0.2) is 5.78 Å². The van der Waals surface area contributed by atoms with Crippen molar-refractivity contribution in [3.05, 3.63) is 49.0 Å². The van der Waals surface area contributed by atoms with Crippen LogP contribution in [0.1, 0.15) is 20.3 Å². The van der Waals surface area contributed by atoms with Gasteiger partial charge in [0.2, 0.25) is 5.91 Å². The van der Waals surface area contributed by atoms with Gasteiger partial charge in [0.1, 0.15) is 11.6 Å². The number of amides is 1. The van der Waals surface area contributed by atoms with Crippen LogP contribution in [0.4, 0.5) is 0 Å². The highest BCUT2D eigenvalue weighted by atomic mass is 35.5. The van der Waals surface area contributed by atoms with Gasteiger partial charge >= 0.3 is 5.97 Å². The lowest BCUT2D eigenvalue weighted by molar-refractivity contribution is -0.138. The second-order valence-corrected chi connectivity index (χ2v) is 6.91. The van der Waals surface area contributed by atoms with Crippen molar-refractivity contribution >= 4 is 40.9 Å². The van der Waals surface area contributed by atoms with Crippen LogP contribution >= 0.6 is 23.2 Å². The molecule has 0 unspecified atom stereocenters. The number of allylic oxidation sites excluding steroid dienone is 1. The van der Waals surface area contributed by atoms with Gasteiger partial charge in [-0.25, -0.2) is 9.48 Å². The Labute approximate surface area is 176 Å². The summed E-state index contributed by atoms with van der Waals surface area (Å²) >= 11 is 11.5. The zero-order chi connectivity index (χ0) is 21.7. The average Bonchev–Trinajstić information content (AvgIpc) is 2.98. The van der Waals surface area contributed by atoms with Gasteiger partial charge in [-0.2, -0.15) is 5.10 Å². The van der Waals surface area contributed by atoms with E-state index < -0.39 is 24.0 Å². The predicted molar refractivity (Wildman–Crippen MR) is 107 cm³/mol. The van der Waals surface area contributed by atoms with Gasteiger partial charge in [-0.15, -0.1) is 0 Å². The minimum Gasteiger partial charge on any atom is -0.462 e. The van der Waals surface area contributed by atoms with Crippen LogP contribution in [0.3, 0.4) is 0 Å². The van der Waals surface area contributed by atoms with Gasteiger partial charge in [-0.05, 0) is 26.5 Å². The zero-order valence-corrected chi connectivity index (χ0v) is 17.6. The third kappa shape index (κ3) is 5.11. The predicted octanol–water partition coefficient (Wildman–Crippen LogP) is 0.992. The summed E-state index contributed by atoms with van der Waals surface area (Å²) in [4.78, 5) is 49.2. The number of ether oxygens (including phenoxy) is 1. The van der Waals surface area contributed by atoms with E-state index in [4.69, 9.17) is 27.9 Å². The number of hydrogen-bond acceptors (Lipinski definition) is 7. The zero-order valence-electron chi connectivity index (χ0n) is 16.1. The highest BCUT2D eigenvalue weighted by Gasteiger charge is 2.31. The molecule has 11 heteroatoms. The van der Waals surface area contributed by atoms with Crippen molar-refractivity contribution in [2.24, 2.45) is 0 Å². The monoisotopic (exact) mass is 442 g/mol. The average molecular weight is 443 g/mol. The molecule has 2 rings (SSSR count). The summed E-state index contributed by atoms with van der Waals surface area (Å²) in [6.07, 6.45) is 1.22. The van der Waals surface area contributed by atoms with E-state index in [1.54, 1.807) is 20.9 Å². The summed E-state index contributed by atoms with van der Waals surface area (Å²) in [6, 6.07) is 0. The van der Waals surface area contributed by atoms with Crippen LogP contribution in [-0.4, -0.2) is 47.6 Å². The molecule has 1 aliphatic rings. The van der Waals surface area contributed by atoms with Crippen LogP contribution in [0, 0.1) is 0 Å². The Balaban J connectivity index is 2.27. The molecule has 0 aliphatic heterocycles. The number of likely N-dealkylation sites (N-methyl/N-ethyl adjacent to an activating group) is 1. The molecule has 29 heavy (non-hydrogen) atoms. The van der Waals surface area contributed by atoms with Gasteiger partial charge in [-0.3, -0.25) is 14.4 Å². The van der Waals surface area contributed by atoms with E-state index in [1.807, 2.05) is 0 Å². The van der Waals surface area contributed by atoms with Gasteiger partial charge in [0.25, 0.3) is 5.56 Å². The normalized spacial score (nSPS) is 13.7. The molecule has 1 amide bonds. The quantitative estimate of drug-likeness (QED) is 0.575. The summed E-state index contributed by atoms with van der Waals surface area (Å²) in [5.41, 5.74) is 0.499. The van der Waals surface area contributed by atoms with Crippen molar-refractivity contribution in [1.82, 2.24) is 20.4 Å². The molecule has 0 bridgehead atoms. The SMILES string of the molecule is CCOC(=O)C1=C(NC(=O)Cn2ncc(Cl)c(Cl)c2=O)CC(C(=O)CNC)=C1C. The topological polar surface area (TPSA) is 119 Å². The van der Waals surface area contributed by atoms with Crippen LogP contribution < -0.4 is 16.2 Å². The first-order valence-electron chi connectivity index (χ1n) is 8.70. The number of aromatic nitrogens is 2. The molecule has 0 fully saturated rings. The molecular formula is C18H20Cl2N4O5. The Kier molecular flexibility index (Phi) is 7.72. The van der Waals surface area contributed by atoms with Gasteiger partial charge in [-0.1, -0.05) is 23.2 Å². The van der Waals surface area contributed by atoms with Crippen molar-refractivity contribution in [3.8, 4) is 0 Å². The lowest BCUT2D eigenvalue weighted by Crippen LogP contribution is -2.34. The van der Waals surface area contributed by atoms with Crippen LogP contribution in [0.2, 0.25) is 10.0 Å². The molecule has 0 saturated carbocycles. The Morgan fingerprint density at radius 1 is 1.31 bits per heavy atom. The maximum atomic E-state index is 12.5. The van der Waals surface area contributed by atoms with Crippen molar-refractivity contribution < 1.29 is 19.1 Å². The van der Waals surface area contributed by atoms with Crippen molar-refractivity contribution in [2.75, 3.05) is 20.2 Å². The number of esters is 1.